The van der Waals surface area contributed by atoms with Crippen LogP contribution in [0.4, 0.5) is 0 Å². The van der Waals surface area contributed by atoms with E-state index < -0.39 is 26.5 Å². The molecule has 320 valence electrons. The number of rotatable bonds is 41. The summed E-state index contributed by atoms with van der Waals surface area (Å²) in [6.07, 6.45) is 38.2. The molecule has 0 aliphatic heterocycles. The number of carbonyl (C=O) groups excluding carboxylic acids is 2. The molecule has 0 aliphatic carbocycles. The zero-order valence-corrected chi connectivity index (χ0v) is 36.9. The average Bonchev–Trinajstić information content (AvgIpc) is 3.12. The maximum Gasteiger partial charge on any atom is 0.472 e. The van der Waals surface area contributed by atoms with Gasteiger partial charge < -0.3 is 18.9 Å². The molecule has 0 radical (unpaired) electrons. The van der Waals surface area contributed by atoms with Crippen molar-refractivity contribution in [3.05, 3.63) is 12.2 Å². The molecule has 0 aromatic carbocycles. The van der Waals surface area contributed by atoms with Crippen molar-refractivity contribution >= 4 is 19.8 Å². The van der Waals surface area contributed by atoms with Gasteiger partial charge in [-0.05, 0) is 38.5 Å². The Morgan fingerprint density at radius 1 is 0.556 bits per heavy atom. The number of unbranched alkanes of at least 4 members (excludes halogenated alkanes) is 25. The highest BCUT2D eigenvalue weighted by Crippen LogP contribution is 2.43. The lowest BCUT2D eigenvalue weighted by Gasteiger charge is -2.24. The Morgan fingerprint density at radius 3 is 1.39 bits per heavy atom. The van der Waals surface area contributed by atoms with Crippen molar-refractivity contribution in [2.45, 2.75) is 213 Å². The number of nitrogens with zero attached hydrogens (tertiary/aromatic N) is 1. The number of esters is 2. The SMILES string of the molecule is CCCCCC/C=C/CCCCCCCC(=O)OC[C@H](COP(=O)(O)OCC[N+](C)(C)C)OC(=O)CCCCCCCCCCCCCCCCCCC. The third-order valence-corrected chi connectivity index (χ3v) is 10.8. The van der Waals surface area contributed by atoms with E-state index in [2.05, 4.69) is 26.0 Å². The highest BCUT2D eigenvalue weighted by molar-refractivity contribution is 7.47. The zero-order valence-electron chi connectivity index (χ0n) is 36.0. The zero-order chi connectivity index (χ0) is 40.0. The summed E-state index contributed by atoms with van der Waals surface area (Å²) in [5, 5.41) is 0. The largest absolute Gasteiger partial charge is 0.472 e. The summed E-state index contributed by atoms with van der Waals surface area (Å²) < 4.78 is 34.3. The van der Waals surface area contributed by atoms with E-state index in [0.29, 0.717) is 17.4 Å². The molecule has 10 heteroatoms. The first-order valence-corrected chi connectivity index (χ1v) is 23.9. The third kappa shape index (κ3) is 40.4. The van der Waals surface area contributed by atoms with Crippen molar-refractivity contribution in [1.29, 1.82) is 0 Å². The molecule has 0 amide bonds. The van der Waals surface area contributed by atoms with Gasteiger partial charge in [-0.2, -0.15) is 0 Å². The predicted octanol–water partition coefficient (Wildman–Crippen LogP) is 12.6. The molecule has 0 saturated carbocycles. The number of hydrogen-bond donors (Lipinski definition) is 1. The van der Waals surface area contributed by atoms with Gasteiger partial charge >= 0.3 is 19.8 Å². The van der Waals surface area contributed by atoms with Crippen molar-refractivity contribution in [1.82, 2.24) is 0 Å². The van der Waals surface area contributed by atoms with Gasteiger partial charge in [0.15, 0.2) is 6.10 Å². The topological polar surface area (TPSA) is 108 Å². The predicted molar refractivity (Wildman–Crippen MR) is 224 cm³/mol. The lowest BCUT2D eigenvalue weighted by atomic mass is 10.0. The summed E-state index contributed by atoms with van der Waals surface area (Å²) in [4.78, 5) is 35.3. The van der Waals surface area contributed by atoms with Crippen LogP contribution in [0, 0.1) is 0 Å². The van der Waals surface area contributed by atoms with Crippen LogP contribution in [0.5, 0.6) is 0 Å². The summed E-state index contributed by atoms with van der Waals surface area (Å²) in [6, 6.07) is 0. The smallest absolute Gasteiger partial charge is 0.462 e. The number of phosphoric acid groups is 1. The van der Waals surface area contributed by atoms with E-state index in [9.17, 15) is 19.0 Å². The molecular weight excluding hydrogens is 701 g/mol. The molecule has 1 N–H and O–H groups in total. The fraction of sp³-hybridized carbons (Fsp3) is 0.909. The van der Waals surface area contributed by atoms with Crippen LogP contribution in [0.15, 0.2) is 12.2 Å². The molecule has 1 unspecified atom stereocenters. The number of likely N-dealkylation sites (N-methyl/N-ethyl adjacent to an activating group) is 1. The van der Waals surface area contributed by atoms with Gasteiger partial charge in [-0.25, -0.2) is 4.57 Å². The molecule has 2 atom stereocenters. The van der Waals surface area contributed by atoms with Gasteiger partial charge in [-0.15, -0.1) is 0 Å². The average molecular weight is 789 g/mol. The number of phosphoric ester groups is 1. The van der Waals surface area contributed by atoms with Gasteiger partial charge in [0.05, 0.1) is 27.7 Å². The Balaban J connectivity index is 4.32. The highest BCUT2D eigenvalue weighted by Gasteiger charge is 2.27. The second kappa shape index (κ2) is 37.3. The summed E-state index contributed by atoms with van der Waals surface area (Å²) in [5.41, 5.74) is 0. The fourth-order valence-electron chi connectivity index (χ4n) is 6.24. The normalized spacial score (nSPS) is 13.7. The van der Waals surface area contributed by atoms with Crippen molar-refractivity contribution in [3.8, 4) is 0 Å². The van der Waals surface area contributed by atoms with Crippen LogP contribution >= 0.6 is 7.82 Å². The van der Waals surface area contributed by atoms with Crippen molar-refractivity contribution in [2.75, 3.05) is 47.5 Å². The van der Waals surface area contributed by atoms with Crippen molar-refractivity contribution < 1.29 is 42.1 Å². The van der Waals surface area contributed by atoms with E-state index in [1.54, 1.807) is 0 Å². The summed E-state index contributed by atoms with van der Waals surface area (Å²) in [5.74, 6) is -0.799. The molecule has 0 aliphatic rings. The van der Waals surface area contributed by atoms with Crippen LogP contribution in [0.2, 0.25) is 0 Å². The molecule has 0 aromatic rings. The van der Waals surface area contributed by atoms with Crippen LogP contribution in [0.1, 0.15) is 206 Å². The van der Waals surface area contributed by atoms with Crippen LogP contribution in [-0.2, 0) is 32.7 Å². The van der Waals surface area contributed by atoms with Gasteiger partial charge in [-0.1, -0.05) is 167 Å². The first-order chi connectivity index (χ1) is 26.0. The van der Waals surface area contributed by atoms with E-state index in [0.717, 1.165) is 51.4 Å². The highest BCUT2D eigenvalue weighted by atomic mass is 31.2. The number of hydrogen-bond acceptors (Lipinski definition) is 7. The monoisotopic (exact) mass is 789 g/mol. The van der Waals surface area contributed by atoms with E-state index in [1.807, 2.05) is 21.1 Å². The van der Waals surface area contributed by atoms with E-state index in [-0.39, 0.29) is 32.0 Å². The van der Waals surface area contributed by atoms with Gasteiger partial charge in [0.1, 0.15) is 19.8 Å². The number of ether oxygens (including phenoxy) is 2. The van der Waals surface area contributed by atoms with Gasteiger partial charge in [0.25, 0.3) is 0 Å². The second-order valence-electron chi connectivity index (χ2n) is 16.4. The standard InChI is InChI=1S/C44H86NO8P/c1-6-8-10-12-14-16-18-20-21-22-23-25-27-29-31-33-35-37-44(47)53-42(41-52-54(48,49)51-39-38-45(3,4)5)40-50-43(46)36-34-32-30-28-26-24-19-17-15-13-11-9-7-2/h17,19,42H,6-16,18,20-41H2,1-5H3/p+1/b19-17+/t42-/m1/s1. The maximum atomic E-state index is 12.7. The summed E-state index contributed by atoms with van der Waals surface area (Å²) in [7, 11) is 1.48. The van der Waals surface area contributed by atoms with Gasteiger partial charge in [0.2, 0.25) is 0 Å². The number of allylic oxidation sites excluding steroid dienone is 2. The Bertz CT molecular complexity index is 938. The molecule has 0 aromatic heterocycles. The fourth-order valence-corrected chi connectivity index (χ4v) is 6.99. The Kier molecular flexibility index (Phi) is 36.5. The van der Waals surface area contributed by atoms with E-state index >= 15 is 0 Å². The summed E-state index contributed by atoms with van der Waals surface area (Å²) in [6.45, 7) is 4.42. The Morgan fingerprint density at radius 2 is 0.944 bits per heavy atom. The Labute approximate surface area is 333 Å². The third-order valence-electron chi connectivity index (χ3n) is 9.80. The van der Waals surface area contributed by atoms with E-state index in [4.69, 9.17) is 18.5 Å². The van der Waals surface area contributed by atoms with E-state index in [1.165, 1.54) is 122 Å². The number of carbonyl (C=O) groups is 2. The minimum Gasteiger partial charge on any atom is -0.462 e. The molecule has 9 nitrogen and oxygen atoms in total. The molecule has 54 heavy (non-hydrogen) atoms. The maximum absolute atomic E-state index is 12.7. The molecule has 0 bridgehead atoms. The van der Waals surface area contributed by atoms with Crippen LogP contribution in [0.25, 0.3) is 0 Å². The van der Waals surface area contributed by atoms with Gasteiger partial charge in [0, 0.05) is 12.8 Å². The van der Waals surface area contributed by atoms with Crippen molar-refractivity contribution in [3.63, 3.8) is 0 Å². The Hall–Kier alpha value is -1.25. The van der Waals surface area contributed by atoms with Crippen LogP contribution < -0.4 is 0 Å². The van der Waals surface area contributed by atoms with Crippen LogP contribution in [0.3, 0.4) is 0 Å². The van der Waals surface area contributed by atoms with Crippen molar-refractivity contribution in [2.24, 2.45) is 0 Å². The van der Waals surface area contributed by atoms with Crippen LogP contribution in [-0.4, -0.2) is 74.9 Å². The second-order valence-corrected chi connectivity index (χ2v) is 17.9. The molecule has 0 saturated heterocycles. The lowest BCUT2D eigenvalue weighted by molar-refractivity contribution is -0.870. The minimum absolute atomic E-state index is 0.0336. The van der Waals surface area contributed by atoms with Gasteiger partial charge in [-0.3, -0.25) is 18.6 Å². The quantitative estimate of drug-likeness (QED) is 0.0214. The first kappa shape index (κ1) is 52.8. The lowest BCUT2D eigenvalue weighted by Crippen LogP contribution is -2.37. The molecular formula is C44H87NO8P+. The molecule has 0 heterocycles. The molecule has 0 spiro atoms. The first-order valence-electron chi connectivity index (χ1n) is 22.4. The minimum atomic E-state index is -4.37. The summed E-state index contributed by atoms with van der Waals surface area (Å²) >= 11 is 0. The number of quaternary nitrogens is 1. The molecule has 0 fully saturated rings. The molecule has 0 rings (SSSR count).